The lowest BCUT2D eigenvalue weighted by Gasteiger charge is -2.32. The summed E-state index contributed by atoms with van der Waals surface area (Å²) in [6, 6.07) is 2.17. The fourth-order valence-corrected chi connectivity index (χ4v) is 3.19. The lowest BCUT2D eigenvalue weighted by atomic mass is 9.81. The van der Waals surface area contributed by atoms with Gasteiger partial charge in [0.05, 0.1) is 35.9 Å². The van der Waals surface area contributed by atoms with Gasteiger partial charge in [-0.15, -0.1) is 0 Å². The van der Waals surface area contributed by atoms with E-state index in [1.165, 1.54) is 14.0 Å². The summed E-state index contributed by atoms with van der Waals surface area (Å²) < 4.78 is 65.3. The Kier molecular flexibility index (Phi) is 6.62. The third kappa shape index (κ3) is 5.00. The molecule has 0 aromatic heterocycles. The number of benzene rings is 1. The second-order valence-corrected chi connectivity index (χ2v) is 7.74. The van der Waals surface area contributed by atoms with Crippen LogP contribution in [0, 0.1) is 12.4 Å². The third-order valence-corrected chi connectivity index (χ3v) is 4.27. The van der Waals surface area contributed by atoms with Crippen LogP contribution in [0.2, 0.25) is 0 Å². The zero-order chi connectivity index (χ0) is 22.9. The average Bonchev–Trinajstić information content (AvgIpc) is 2.59. The van der Waals surface area contributed by atoms with Gasteiger partial charge in [0, 0.05) is 12.8 Å². The highest BCUT2D eigenvalue weighted by Gasteiger charge is 2.42. The van der Waals surface area contributed by atoms with E-state index in [0.717, 1.165) is 12.1 Å². The number of hydrogen-bond acceptors (Lipinski definition) is 4. The first-order valence-corrected chi connectivity index (χ1v) is 8.97. The van der Waals surface area contributed by atoms with Gasteiger partial charge in [-0.3, -0.25) is 0 Å². The topological polar surface area (TPSA) is 51.9 Å². The predicted octanol–water partition coefficient (Wildman–Crippen LogP) is 4.92. The van der Waals surface area contributed by atoms with Gasteiger partial charge in [0.2, 0.25) is 0 Å². The van der Waals surface area contributed by atoms with Crippen molar-refractivity contribution in [2.75, 3.05) is 13.7 Å². The monoisotopic (exact) mass is 426 g/mol. The molecule has 1 N–H and O–H groups in total. The first-order chi connectivity index (χ1) is 13.8. The van der Waals surface area contributed by atoms with E-state index in [1.807, 2.05) is 0 Å². The van der Waals surface area contributed by atoms with E-state index in [4.69, 9.17) is 16.0 Å². The number of rotatable bonds is 4. The zero-order valence-corrected chi connectivity index (χ0v) is 17.2. The zero-order valence-electron chi connectivity index (χ0n) is 17.2. The van der Waals surface area contributed by atoms with Crippen molar-refractivity contribution in [1.82, 2.24) is 5.32 Å². The van der Waals surface area contributed by atoms with Crippen LogP contribution in [0.15, 0.2) is 40.9 Å². The Morgan fingerprint density at radius 1 is 1.27 bits per heavy atom. The molecule has 0 amide bonds. The number of carbonyl (C=O) groups excluding carboxylic acids is 1. The summed E-state index contributed by atoms with van der Waals surface area (Å²) in [6.45, 7) is 13.7. The molecule has 0 fully saturated rings. The number of methoxy groups -OCH3 is 1. The molecule has 1 atom stereocenters. The molecule has 30 heavy (non-hydrogen) atoms. The molecule has 2 rings (SSSR count). The quantitative estimate of drug-likeness (QED) is 0.422. The predicted molar refractivity (Wildman–Crippen MR) is 101 cm³/mol. The van der Waals surface area contributed by atoms with Gasteiger partial charge in [0.1, 0.15) is 11.4 Å². The molecular weight excluding hydrogens is 404 g/mol. The van der Waals surface area contributed by atoms with Gasteiger partial charge in [-0.2, -0.15) is 13.2 Å². The van der Waals surface area contributed by atoms with Crippen molar-refractivity contribution in [3.63, 3.8) is 0 Å². The van der Waals surface area contributed by atoms with Crippen LogP contribution in [-0.4, -0.2) is 25.3 Å². The van der Waals surface area contributed by atoms with Crippen molar-refractivity contribution >= 4 is 5.97 Å². The minimum Gasteiger partial charge on any atom is -0.457 e. The Morgan fingerprint density at radius 3 is 2.40 bits per heavy atom. The number of nitrogens with zero attached hydrogens (tertiary/aromatic N) is 1. The Balaban J connectivity index is 2.84. The van der Waals surface area contributed by atoms with Crippen molar-refractivity contribution < 1.29 is 31.8 Å². The number of hydrogen-bond donors (Lipinski definition) is 1. The number of halogens is 4. The molecule has 1 unspecified atom stereocenters. The minimum atomic E-state index is -4.90. The fraction of sp³-hybridized carbons (Fsp3) is 0.429. The molecule has 1 heterocycles. The molecule has 0 saturated heterocycles. The molecule has 1 aliphatic rings. The van der Waals surface area contributed by atoms with Gasteiger partial charge in [-0.1, -0.05) is 6.07 Å². The molecule has 9 heteroatoms. The smallest absolute Gasteiger partial charge is 0.416 e. The van der Waals surface area contributed by atoms with Gasteiger partial charge in [0.25, 0.3) is 0 Å². The van der Waals surface area contributed by atoms with Crippen LogP contribution in [0.3, 0.4) is 0 Å². The highest BCUT2D eigenvalue weighted by molar-refractivity contribution is 5.93. The summed E-state index contributed by atoms with van der Waals surface area (Å²) in [5.41, 5.74) is -2.46. The summed E-state index contributed by atoms with van der Waals surface area (Å²) in [4.78, 5) is 16.4. The molecule has 1 aromatic rings. The number of alkyl halides is 3. The first-order valence-electron chi connectivity index (χ1n) is 8.97. The van der Waals surface area contributed by atoms with E-state index in [1.54, 1.807) is 20.8 Å². The maximum Gasteiger partial charge on any atom is 0.416 e. The van der Waals surface area contributed by atoms with Crippen LogP contribution >= 0.6 is 0 Å². The standard InChI is InChI=1S/C21H22F4N2O3/c1-11-18(26-5)16(13-8-7-12(22)9-14(13)21(23,24)25)17(15(27-11)10-29-6)19(28)30-20(2,3)4/h7-9,16,27H,10H2,1-4,6H3. The van der Waals surface area contributed by atoms with E-state index in [9.17, 15) is 22.4 Å². The van der Waals surface area contributed by atoms with Gasteiger partial charge < -0.3 is 14.8 Å². The van der Waals surface area contributed by atoms with Crippen LogP contribution in [0.4, 0.5) is 17.6 Å². The van der Waals surface area contributed by atoms with E-state index in [-0.39, 0.29) is 29.3 Å². The Hall–Kier alpha value is -2.86. The first kappa shape index (κ1) is 23.4. The molecule has 1 aliphatic heterocycles. The lowest BCUT2D eigenvalue weighted by Crippen LogP contribution is -2.34. The summed E-state index contributed by atoms with van der Waals surface area (Å²) in [6.07, 6.45) is -4.90. The van der Waals surface area contributed by atoms with Crippen LogP contribution in [0.25, 0.3) is 4.85 Å². The summed E-state index contributed by atoms with van der Waals surface area (Å²) >= 11 is 0. The number of allylic oxidation sites excluding steroid dienone is 2. The molecule has 0 spiro atoms. The number of esters is 1. The molecule has 0 saturated carbocycles. The van der Waals surface area contributed by atoms with Crippen molar-refractivity contribution in [3.05, 3.63) is 69.2 Å². The van der Waals surface area contributed by atoms with E-state index >= 15 is 0 Å². The minimum absolute atomic E-state index is 0.118. The SMILES string of the molecule is [C-]#[N+]C1=C(C)NC(COC)=C(C(=O)OC(C)(C)C)C1c1ccc(F)cc1C(F)(F)F. The Morgan fingerprint density at radius 2 is 1.90 bits per heavy atom. The molecule has 5 nitrogen and oxygen atoms in total. The van der Waals surface area contributed by atoms with E-state index in [2.05, 4.69) is 10.2 Å². The van der Waals surface area contributed by atoms with Crippen molar-refractivity contribution in [3.8, 4) is 0 Å². The normalized spacial score (nSPS) is 17.5. The molecule has 0 radical (unpaired) electrons. The van der Waals surface area contributed by atoms with Crippen LogP contribution in [0.5, 0.6) is 0 Å². The molecule has 1 aromatic carbocycles. The van der Waals surface area contributed by atoms with E-state index < -0.39 is 40.6 Å². The summed E-state index contributed by atoms with van der Waals surface area (Å²) in [5, 5.41) is 2.87. The second kappa shape index (κ2) is 8.48. The number of ether oxygens (including phenoxy) is 2. The van der Waals surface area contributed by atoms with Crippen LogP contribution < -0.4 is 5.32 Å². The van der Waals surface area contributed by atoms with Gasteiger partial charge in [0.15, 0.2) is 5.70 Å². The largest absolute Gasteiger partial charge is 0.457 e. The lowest BCUT2D eigenvalue weighted by molar-refractivity contribution is -0.150. The van der Waals surface area contributed by atoms with Crippen molar-refractivity contribution in [1.29, 1.82) is 0 Å². The van der Waals surface area contributed by atoms with Gasteiger partial charge in [-0.05, 0) is 45.4 Å². The van der Waals surface area contributed by atoms with Crippen molar-refractivity contribution in [2.45, 2.75) is 45.4 Å². The maximum atomic E-state index is 13.7. The number of dihydropyridines is 1. The third-order valence-electron chi connectivity index (χ3n) is 4.27. The molecule has 0 bridgehead atoms. The van der Waals surface area contributed by atoms with E-state index in [0.29, 0.717) is 6.07 Å². The molecule has 162 valence electrons. The highest BCUT2D eigenvalue weighted by atomic mass is 19.4. The number of nitrogens with one attached hydrogen (secondary N) is 1. The summed E-state index contributed by atoms with van der Waals surface area (Å²) in [5.74, 6) is -3.37. The Bertz CT molecular complexity index is 950. The average molecular weight is 426 g/mol. The second-order valence-electron chi connectivity index (χ2n) is 7.74. The van der Waals surface area contributed by atoms with Gasteiger partial charge >= 0.3 is 12.1 Å². The fourth-order valence-electron chi connectivity index (χ4n) is 3.19. The van der Waals surface area contributed by atoms with Crippen LogP contribution in [-0.2, 0) is 20.4 Å². The highest BCUT2D eigenvalue weighted by Crippen LogP contribution is 2.45. The molecule has 0 aliphatic carbocycles. The van der Waals surface area contributed by atoms with Gasteiger partial charge in [-0.25, -0.2) is 14.0 Å². The number of carbonyl (C=O) groups is 1. The van der Waals surface area contributed by atoms with Crippen molar-refractivity contribution in [2.24, 2.45) is 0 Å². The summed E-state index contributed by atoms with van der Waals surface area (Å²) in [7, 11) is 1.36. The maximum absolute atomic E-state index is 13.7. The van der Waals surface area contributed by atoms with Crippen LogP contribution in [0.1, 0.15) is 44.7 Å². The molecular formula is C21H22F4N2O3. The Labute approximate surface area is 172 Å².